The van der Waals surface area contributed by atoms with Crippen LogP contribution in [0.2, 0.25) is 0 Å². The third kappa shape index (κ3) is 24.5. The molecule has 0 amide bonds. The van der Waals surface area contributed by atoms with E-state index in [-0.39, 0.29) is 0 Å². The first-order valence-electron chi connectivity index (χ1n) is 4.41. The van der Waals surface area contributed by atoms with Gasteiger partial charge in [-0.05, 0) is 6.42 Å². The third-order valence-corrected chi connectivity index (χ3v) is 1.10. The van der Waals surface area contributed by atoms with Gasteiger partial charge in [0.15, 0.2) is 0 Å². The summed E-state index contributed by atoms with van der Waals surface area (Å²) in [6, 6.07) is 0. The molecule has 0 aromatic heterocycles. The Morgan fingerprint density at radius 2 is 1.73 bits per heavy atom. The van der Waals surface area contributed by atoms with E-state index in [1.54, 1.807) is 0 Å². The molecule has 86 valence electrons. The Labute approximate surface area is 88.7 Å². The van der Waals surface area contributed by atoms with E-state index < -0.39 is 11.9 Å². The lowest BCUT2D eigenvalue weighted by atomic mass is 10.4. The minimum Gasteiger partial charge on any atom is -0.502 e. The zero-order chi connectivity index (χ0) is 12.1. The molecule has 0 atom stereocenters. The minimum absolute atomic E-state index is 0.558. The summed E-state index contributed by atoms with van der Waals surface area (Å²) < 4.78 is 4.84. The first-order chi connectivity index (χ1) is 7.04. The molecule has 0 rings (SSSR count). The molecule has 5 nitrogen and oxygen atoms in total. The van der Waals surface area contributed by atoms with Crippen LogP contribution < -0.4 is 0 Å². The summed E-state index contributed by atoms with van der Waals surface area (Å²) >= 11 is 0. The molecule has 0 aliphatic heterocycles. The highest BCUT2D eigenvalue weighted by Gasteiger charge is 1.88. The SMILES string of the molecule is C=COCCCC.O=C(O)/C=C\C(=O)O. The number of hydrogen-bond donors (Lipinski definition) is 2. The van der Waals surface area contributed by atoms with E-state index in [0.717, 1.165) is 13.0 Å². The quantitative estimate of drug-likeness (QED) is 0.400. The Kier molecular flexibility index (Phi) is 12.8. The van der Waals surface area contributed by atoms with Crippen LogP contribution in [-0.4, -0.2) is 28.8 Å². The first kappa shape index (κ1) is 15.7. The first-order valence-corrected chi connectivity index (χ1v) is 4.41. The molecule has 0 spiro atoms. The van der Waals surface area contributed by atoms with E-state index in [9.17, 15) is 9.59 Å². The van der Waals surface area contributed by atoms with E-state index in [4.69, 9.17) is 14.9 Å². The Morgan fingerprint density at radius 1 is 1.27 bits per heavy atom. The highest BCUT2D eigenvalue weighted by Crippen LogP contribution is 1.85. The molecule has 0 unspecified atom stereocenters. The van der Waals surface area contributed by atoms with Gasteiger partial charge in [-0.3, -0.25) is 0 Å². The van der Waals surface area contributed by atoms with Gasteiger partial charge in [0.05, 0.1) is 12.9 Å². The molecular weight excluding hydrogens is 200 g/mol. The number of unbranched alkanes of at least 4 members (excludes halogenated alkanes) is 1. The van der Waals surface area contributed by atoms with Crippen LogP contribution in [0.5, 0.6) is 0 Å². The van der Waals surface area contributed by atoms with Crippen molar-refractivity contribution in [3.05, 3.63) is 25.0 Å². The summed E-state index contributed by atoms with van der Waals surface area (Å²) in [6.45, 7) is 6.36. The lowest BCUT2D eigenvalue weighted by Crippen LogP contribution is -1.91. The molecule has 0 aliphatic rings. The van der Waals surface area contributed by atoms with Gasteiger partial charge in [-0.25, -0.2) is 9.59 Å². The highest BCUT2D eigenvalue weighted by atomic mass is 16.5. The molecule has 0 saturated heterocycles. The molecule has 0 aliphatic carbocycles. The third-order valence-electron chi connectivity index (χ3n) is 1.10. The van der Waals surface area contributed by atoms with Crippen LogP contribution in [-0.2, 0) is 14.3 Å². The van der Waals surface area contributed by atoms with Crippen LogP contribution in [0.3, 0.4) is 0 Å². The lowest BCUT2D eigenvalue weighted by Gasteiger charge is -1.93. The number of carbonyl (C=O) groups is 2. The number of ether oxygens (including phenoxy) is 1. The molecule has 15 heavy (non-hydrogen) atoms. The van der Waals surface area contributed by atoms with E-state index in [2.05, 4.69) is 13.5 Å². The summed E-state index contributed by atoms with van der Waals surface area (Å²) in [4.78, 5) is 19.1. The summed E-state index contributed by atoms with van der Waals surface area (Å²) in [5, 5.41) is 15.6. The molecular formula is C10H16O5. The maximum Gasteiger partial charge on any atom is 0.328 e. The topological polar surface area (TPSA) is 83.8 Å². The van der Waals surface area contributed by atoms with Crippen LogP contribution in [0.15, 0.2) is 25.0 Å². The van der Waals surface area contributed by atoms with Crippen molar-refractivity contribution in [1.29, 1.82) is 0 Å². The zero-order valence-corrected chi connectivity index (χ0v) is 8.68. The van der Waals surface area contributed by atoms with Gasteiger partial charge in [-0.1, -0.05) is 19.9 Å². The van der Waals surface area contributed by atoms with Crippen LogP contribution in [0.25, 0.3) is 0 Å². The van der Waals surface area contributed by atoms with Crippen LogP contribution in [0, 0.1) is 0 Å². The van der Waals surface area contributed by atoms with Gasteiger partial charge in [-0.15, -0.1) is 0 Å². The number of carboxylic acid groups (broad SMARTS) is 2. The average Bonchev–Trinajstić information content (AvgIpc) is 2.17. The van der Waals surface area contributed by atoms with Crippen molar-refractivity contribution < 1.29 is 24.5 Å². The Morgan fingerprint density at radius 3 is 2.00 bits per heavy atom. The van der Waals surface area contributed by atoms with Crippen molar-refractivity contribution in [1.82, 2.24) is 0 Å². The molecule has 0 heterocycles. The van der Waals surface area contributed by atoms with Gasteiger partial charge in [-0.2, -0.15) is 0 Å². The van der Waals surface area contributed by atoms with Crippen molar-refractivity contribution in [3.63, 3.8) is 0 Å². The summed E-state index contributed by atoms with van der Waals surface area (Å²) in [6.07, 6.45) is 4.92. The number of aliphatic carboxylic acids is 2. The normalized spacial score (nSPS) is 8.87. The molecule has 0 radical (unpaired) electrons. The largest absolute Gasteiger partial charge is 0.502 e. The standard InChI is InChI=1S/C6H12O.C4H4O4/c1-3-5-6-7-4-2;5-3(6)1-2-4(7)8/h4H,2-3,5-6H2,1H3;1-2H,(H,5,6)(H,7,8)/b;2-1-. The smallest absolute Gasteiger partial charge is 0.328 e. The molecule has 0 aromatic rings. The minimum atomic E-state index is -1.26. The van der Waals surface area contributed by atoms with Crippen molar-refractivity contribution in [2.45, 2.75) is 19.8 Å². The predicted octanol–water partition coefficient (Wildman–Crippen LogP) is 1.66. The van der Waals surface area contributed by atoms with Crippen molar-refractivity contribution in [3.8, 4) is 0 Å². The summed E-state index contributed by atoms with van der Waals surface area (Å²) in [5.41, 5.74) is 0. The van der Waals surface area contributed by atoms with E-state index in [1.165, 1.54) is 12.7 Å². The molecule has 0 bridgehead atoms. The average molecular weight is 216 g/mol. The van der Waals surface area contributed by atoms with Crippen molar-refractivity contribution >= 4 is 11.9 Å². The number of rotatable bonds is 6. The van der Waals surface area contributed by atoms with Crippen LogP contribution in [0.1, 0.15) is 19.8 Å². The molecule has 0 saturated carbocycles. The van der Waals surface area contributed by atoms with Gasteiger partial charge in [0, 0.05) is 12.2 Å². The van der Waals surface area contributed by atoms with Crippen LogP contribution in [0.4, 0.5) is 0 Å². The number of carboxylic acids is 2. The maximum absolute atomic E-state index is 9.55. The van der Waals surface area contributed by atoms with Gasteiger partial charge < -0.3 is 14.9 Å². The zero-order valence-electron chi connectivity index (χ0n) is 8.68. The summed E-state index contributed by atoms with van der Waals surface area (Å²) in [7, 11) is 0. The van der Waals surface area contributed by atoms with Gasteiger partial charge >= 0.3 is 11.9 Å². The Hall–Kier alpha value is -1.78. The fourth-order valence-corrected chi connectivity index (χ4v) is 0.454. The maximum atomic E-state index is 9.55. The monoisotopic (exact) mass is 216 g/mol. The van der Waals surface area contributed by atoms with E-state index in [1.807, 2.05) is 0 Å². The number of hydrogen-bond acceptors (Lipinski definition) is 3. The molecule has 5 heteroatoms. The molecule has 0 fully saturated rings. The van der Waals surface area contributed by atoms with E-state index >= 15 is 0 Å². The van der Waals surface area contributed by atoms with Crippen molar-refractivity contribution in [2.24, 2.45) is 0 Å². The van der Waals surface area contributed by atoms with Gasteiger partial charge in [0.1, 0.15) is 0 Å². The second-order valence-corrected chi connectivity index (χ2v) is 2.40. The van der Waals surface area contributed by atoms with Gasteiger partial charge in [0.2, 0.25) is 0 Å². The Bertz CT molecular complexity index is 204. The van der Waals surface area contributed by atoms with Crippen molar-refractivity contribution in [2.75, 3.05) is 6.61 Å². The fraction of sp³-hybridized carbons (Fsp3) is 0.400. The summed E-state index contributed by atoms with van der Waals surface area (Å²) in [5.74, 6) is -2.51. The Balaban J connectivity index is 0. The van der Waals surface area contributed by atoms with Gasteiger partial charge in [0.25, 0.3) is 0 Å². The lowest BCUT2D eigenvalue weighted by molar-refractivity contribution is -0.134. The highest BCUT2D eigenvalue weighted by molar-refractivity contribution is 5.89. The molecule has 2 N–H and O–H groups in total. The fourth-order valence-electron chi connectivity index (χ4n) is 0.454. The second-order valence-electron chi connectivity index (χ2n) is 2.40. The second kappa shape index (κ2) is 12.2. The molecule has 0 aromatic carbocycles. The van der Waals surface area contributed by atoms with E-state index in [0.29, 0.717) is 12.2 Å². The predicted molar refractivity (Wildman–Crippen MR) is 55.5 cm³/mol. The van der Waals surface area contributed by atoms with Crippen LogP contribution >= 0.6 is 0 Å².